The molecule has 0 aliphatic carbocycles. The van der Waals surface area contributed by atoms with Gasteiger partial charge < -0.3 is 9.84 Å². The Hall–Kier alpha value is -0.320. The van der Waals surface area contributed by atoms with E-state index in [-0.39, 0.29) is 17.9 Å². The monoisotopic (exact) mass is 219 g/mol. The van der Waals surface area contributed by atoms with Gasteiger partial charge in [0.05, 0.1) is 0 Å². The number of hydrogen-bond acceptors (Lipinski definition) is 4. The molecule has 0 aromatic heterocycles. The minimum Gasteiger partial charge on any atom is -0.455 e. The SMILES string of the molecule is CC[C@@]12OC(=O)[C@@H]1NC(O)[C@@H]2CCCl. The fraction of sp³-hybridized carbons (Fsp3) is 0.889. The van der Waals surface area contributed by atoms with Crippen molar-refractivity contribution in [1.82, 2.24) is 5.32 Å². The Bertz CT molecular complexity index is 260. The quantitative estimate of drug-likeness (QED) is 0.527. The highest BCUT2D eigenvalue weighted by molar-refractivity contribution is 6.17. The number of hydrogen-bond donors (Lipinski definition) is 2. The zero-order valence-electron chi connectivity index (χ0n) is 8.00. The minimum atomic E-state index is -0.676. The molecule has 4 atom stereocenters. The Kier molecular flexibility index (Phi) is 2.45. The maximum absolute atomic E-state index is 11.1. The van der Waals surface area contributed by atoms with Crippen LogP contribution in [0.2, 0.25) is 0 Å². The molecule has 0 aromatic rings. The minimum absolute atomic E-state index is 0.0762. The molecule has 0 bridgehead atoms. The summed E-state index contributed by atoms with van der Waals surface area (Å²) >= 11 is 5.66. The number of esters is 1. The summed E-state index contributed by atoms with van der Waals surface area (Å²) in [6, 6.07) is -0.337. The molecular weight excluding hydrogens is 206 g/mol. The second-order valence-corrected chi connectivity index (χ2v) is 4.24. The van der Waals surface area contributed by atoms with E-state index in [0.29, 0.717) is 12.3 Å². The third-order valence-electron chi connectivity index (χ3n) is 3.33. The average Bonchev–Trinajstić information content (AvgIpc) is 2.39. The lowest BCUT2D eigenvalue weighted by Gasteiger charge is -2.45. The van der Waals surface area contributed by atoms with Gasteiger partial charge in [0.2, 0.25) is 0 Å². The van der Waals surface area contributed by atoms with Crippen molar-refractivity contribution in [2.24, 2.45) is 5.92 Å². The molecule has 2 rings (SSSR count). The maximum atomic E-state index is 11.1. The van der Waals surface area contributed by atoms with Crippen LogP contribution in [0.15, 0.2) is 0 Å². The van der Waals surface area contributed by atoms with Crippen LogP contribution in [0, 0.1) is 5.92 Å². The zero-order valence-corrected chi connectivity index (χ0v) is 8.75. The first kappa shape index (κ1) is 10.2. The number of ether oxygens (including phenoxy) is 1. The van der Waals surface area contributed by atoms with E-state index in [2.05, 4.69) is 5.32 Å². The smallest absolute Gasteiger partial charge is 0.328 e. The summed E-state index contributed by atoms with van der Waals surface area (Å²) in [4.78, 5) is 11.1. The van der Waals surface area contributed by atoms with Gasteiger partial charge in [-0.1, -0.05) is 6.92 Å². The molecule has 2 heterocycles. The van der Waals surface area contributed by atoms with Gasteiger partial charge in [0.25, 0.3) is 0 Å². The van der Waals surface area contributed by atoms with Crippen molar-refractivity contribution in [3.05, 3.63) is 0 Å². The molecule has 14 heavy (non-hydrogen) atoms. The molecule has 2 aliphatic rings. The molecule has 0 saturated carbocycles. The fourth-order valence-electron chi connectivity index (χ4n) is 2.56. The Morgan fingerprint density at radius 3 is 2.93 bits per heavy atom. The number of alkyl halides is 1. The van der Waals surface area contributed by atoms with E-state index < -0.39 is 11.8 Å². The van der Waals surface area contributed by atoms with E-state index in [0.717, 1.165) is 6.42 Å². The van der Waals surface area contributed by atoms with E-state index in [1.807, 2.05) is 6.92 Å². The summed E-state index contributed by atoms with van der Waals surface area (Å²) in [6.45, 7) is 1.96. The molecule has 0 spiro atoms. The molecule has 2 saturated heterocycles. The molecular formula is C9H14ClNO3. The first-order valence-electron chi connectivity index (χ1n) is 4.88. The van der Waals surface area contributed by atoms with Crippen molar-refractivity contribution >= 4 is 17.6 Å². The summed E-state index contributed by atoms with van der Waals surface area (Å²) < 4.78 is 5.22. The van der Waals surface area contributed by atoms with Gasteiger partial charge in [-0.05, 0) is 12.8 Å². The standard InChI is InChI=1S/C9H14ClNO3/c1-2-9-5(3-4-10)7(12)11-6(9)8(13)14-9/h5-7,11-12H,2-4H2,1H3/t5-,6-,7?,9-/m0/s1. The number of nitrogens with one attached hydrogen (secondary N) is 1. The molecule has 5 heteroatoms. The van der Waals surface area contributed by atoms with Gasteiger partial charge >= 0.3 is 5.97 Å². The topological polar surface area (TPSA) is 58.6 Å². The predicted molar refractivity (Wildman–Crippen MR) is 50.9 cm³/mol. The number of rotatable bonds is 3. The summed E-state index contributed by atoms with van der Waals surface area (Å²) in [5.74, 6) is 0.130. The van der Waals surface area contributed by atoms with Gasteiger partial charge in [-0.2, -0.15) is 0 Å². The number of halogens is 1. The highest BCUT2D eigenvalue weighted by Gasteiger charge is 2.66. The van der Waals surface area contributed by atoms with Gasteiger partial charge in [0.15, 0.2) is 0 Å². The highest BCUT2D eigenvalue weighted by atomic mass is 35.5. The summed E-state index contributed by atoms with van der Waals surface area (Å²) in [5, 5.41) is 12.6. The average molecular weight is 220 g/mol. The van der Waals surface area contributed by atoms with Crippen molar-refractivity contribution < 1.29 is 14.6 Å². The number of aliphatic hydroxyl groups is 1. The largest absolute Gasteiger partial charge is 0.455 e. The molecule has 0 aromatic carbocycles. The van der Waals surface area contributed by atoms with Gasteiger partial charge in [-0.25, -0.2) is 0 Å². The van der Waals surface area contributed by atoms with E-state index in [9.17, 15) is 9.90 Å². The van der Waals surface area contributed by atoms with Crippen LogP contribution in [-0.2, 0) is 9.53 Å². The van der Waals surface area contributed by atoms with E-state index in [1.165, 1.54) is 0 Å². The van der Waals surface area contributed by atoms with Crippen molar-refractivity contribution in [2.75, 3.05) is 5.88 Å². The van der Waals surface area contributed by atoms with Crippen LogP contribution >= 0.6 is 11.6 Å². The van der Waals surface area contributed by atoms with E-state index in [1.54, 1.807) is 0 Å². The molecule has 0 amide bonds. The van der Waals surface area contributed by atoms with Crippen LogP contribution < -0.4 is 5.32 Å². The van der Waals surface area contributed by atoms with Gasteiger partial charge in [0, 0.05) is 11.8 Å². The van der Waals surface area contributed by atoms with Crippen molar-refractivity contribution in [1.29, 1.82) is 0 Å². The van der Waals surface area contributed by atoms with Gasteiger partial charge in [0.1, 0.15) is 17.9 Å². The van der Waals surface area contributed by atoms with Crippen molar-refractivity contribution in [3.8, 4) is 0 Å². The van der Waals surface area contributed by atoms with Crippen LogP contribution in [0.3, 0.4) is 0 Å². The van der Waals surface area contributed by atoms with Crippen molar-refractivity contribution in [2.45, 2.75) is 37.6 Å². The van der Waals surface area contributed by atoms with Crippen LogP contribution in [0.4, 0.5) is 0 Å². The summed E-state index contributed by atoms with van der Waals surface area (Å²) in [6.07, 6.45) is 0.702. The first-order chi connectivity index (χ1) is 6.65. The number of carbonyl (C=O) groups is 1. The molecule has 2 fully saturated rings. The molecule has 2 N–H and O–H groups in total. The van der Waals surface area contributed by atoms with Crippen molar-refractivity contribution in [3.63, 3.8) is 0 Å². The Morgan fingerprint density at radius 1 is 1.71 bits per heavy atom. The maximum Gasteiger partial charge on any atom is 0.328 e. The summed E-state index contributed by atoms with van der Waals surface area (Å²) in [5.41, 5.74) is -0.509. The predicted octanol–water partition coefficient (Wildman–Crippen LogP) is 0.227. The lowest BCUT2D eigenvalue weighted by molar-refractivity contribution is -0.204. The molecule has 1 unspecified atom stereocenters. The normalized spacial score (nSPS) is 45.6. The lowest BCUT2D eigenvalue weighted by atomic mass is 9.77. The van der Waals surface area contributed by atoms with E-state index in [4.69, 9.17) is 16.3 Å². The zero-order chi connectivity index (χ0) is 10.3. The third kappa shape index (κ3) is 1.11. The lowest BCUT2D eigenvalue weighted by Crippen LogP contribution is -2.64. The van der Waals surface area contributed by atoms with Gasteiger partial charge in [-0.3, -0.25) is 10.1 Å². The number of carbonyl (C=O) groups excluding carboxylic acids is 1. The fourth-order valence-corrected chi connectivity index (χ4v) is 2.79. The second-order valence-electron chi connectivity index (χ2n) is 3.86. The van der Waals surface area contributed by atoms with Gasteiger partial charge in [-0.15, -0.1) is 11.6 Å². The van der Waals surface area contributed by atoms with Crippen LogP contribution in [0.5, 0.6) is 0 Å². The first-order valence-corrected chi connectivity index (χ1v) is 5.42. The Labute approximate surface area is 87.6 Å². The third-order valence-corrected chi connectivity index (χ3v) is 3.55. The molecule has 4 nitrogen and oxygen atoms in total. The second kappa shape index (κ2) is 3.36. The van der Waals surface area contributed by atoms with Crippen LogP contribution in [0.1, 0.15) is 19.8 Å². The van der Waals surface area contributed by atoms with Crippen LogP contribution in [-0.4, -0.2) is 34.8 Å². The molecule has 0 radical (unpaired) electrons. The number of aliphatic hydroxyl groups excluding tert-OH is 1. The Morgan fingerprint density at radius 2 is 2.43 bits per heavy atom. The Balaban J connectivity index is 2.19. The summed E-state index contributed by atoms with van der Waals surface area (Å²) in [7, 11) is 0. The highest BCUT2D eigenvalue weighted by Crippen LogP contribution is 2.46. The van der Waals surface area contributed by atoms with E-state index >= 15 is 0 Å². The molecule has 80 valence electrons. The number of fused-ring (bicyclic) bond motifs is 1. The van der Waals surface area contributed by atoms with Crippen LogP contribution in [0.25, 0.3) is 0 Å². The molecule has 2 aliphatic heterocycles.